The number of para-hydroxylation sites is 12. The molecule has 30 aromatic rings. The van der Waals surface area contributed by atoms with Crippen LogP contribution in [0.3, 0.4) is 0 Å². The third-order valence-corrected chi connectivity index (χ3v) is 27.1. The normalized spacial score (nSPS) is 12.0. The van der Waals surface area contributed by atoms with E-state index in [1.807, 2.05) is 110 Å². The summed E-state index contributed by atoms with van der Waals surface area (Å²) in [6.45, 7) is 0. The van der Waals surface area contributed by atoms with Gasteiger partial charge in [0.1, 0.15) is 33.5 Å². The lowest BCUT2D eigenvalue weighted by Gasteiger charge is -2.09. The molecule has 0 spiro atoms. The minimum Gasteiger partial charge on any atom is -0.456 e. The molecular weight excluding hydrogens is 1660 g/mol. The highest BCUT2D eigenvalue weighted by atomic mass is 16.3. The number of hydrogen-bond acceptors (Lipinski definition) is 9. The molecule has 0 atom stereocenters. The fourth-order valence-electron chi connectivity index (χ4n) is 21.1. The van der Waals surface area contributed by atoms with Gasteiger partial charge in [-0.15, -0.1) is 0 Å². The van der Waals surface area contributed by atoms with Crippen LogP contribution in [0.15, 0.2) is 451 Å². The van der Waals surface area contributed by atoms with Gasteiger partial charge in [0.05, 0.1) is 66.2 Å². The van der Waals surface area contributed by atoms with Gasteiger partial charge in [-0.25, -0.2) is 29.9 Å². The van der Waals surface area contributed by atoms with Gasteiger partial charge in [-0.3, -0.25) is 13.7 Å². The van der Waals surface area contributed by atoms with Crippen LogP contribution in [0.4, 0.5) is 0 Å². The third kappa shape index (κ3) is 11.8. The van der Waals surface area contributed by atoms with E-state index in [-0.39, 0.29) is 0 Å². The van der Waals surface area contributed by atoms with Gasteiger partial charge in [0, 0.05) is 168 Å². The van der Waals surface area contributed by atoms with E-state index in [0.29, 0.717) is 17.8 Å². The Labute approximate surface area is 768 Å². The molecule has 12 heterocycles. The highest BCUT2D eigenvalue weighted by molar-refractivity contribution is 6.23. The van der Waals surface area contributed by atoms with E-state index < -0.39 is 0 Å². The molecule has 12 aromatic heterocycles. The zero-order valence-corrected chi connectivity index (χ0v) is 72.2. The summed E-state index contributed by atoms with van der Waals surface area (Å²) >= 11 is 0. The van der Waals surface area contributed by atoms with Gasteiger partial charge in [-0.05, 0) is 174 Å². The first-order valence-corrected chi connectivity index (χ1v) is 45.2. The summed E-state index contributed by atoms with van der Waals surface area (Å²) in [6.07, 6.45) is 11.5. The van der Waals surface area contributed by atoms with Crippen molar-refractivity contribution in [2.75, 3.05) is 0 Å². The molecule has 0 saturated carbocycles. The van der Waals surface area contributed by atoms with Crippen LogP contribution < -0.4 is 0 Å². The van der Waals surface area contributed by atoms with Crippen molar-refractivity contribution in [3.8, 4) is 68.3 Å². The molecule has 0 bridgehead atoms. The van der Waals surface area contributed by atoms with Crippen LogP contribution in [0, 0.1) is 0 Å². The molecule has 0 aliphatic heterocycles. The molecule has 0 fully saturated rings. The van der Waals surface area contributed by atoms with Gasteiger partial charge in [-0.2, -0.15) is 0 Å². The third-order valence-electron chi connectivity index (χ3n) is 27.1. The van der Waals surface area contributed by atoms with Crippen LogP contribution in [0.5, 0.6) is 0 Å². The van der Waals surface area contributed by atoms with Crippen LogP contribution in [-0.2, 0) is 0 Å². The van der Waals surface area contributed by atoms with Crippen molar-refractivity contribution in [1.82, 2.24) is 57.3 Å². The average Bonchev–Trinajstić information content (AvgIpc) is 1.55. The number of furan rings is 3. The van der Waals surface area contributed by atoms with E-state index in [0.717, 1.165) is 166 Å². The lowest BCUT2D eigenvalue weighted by atomic mass is 10.0. The van der Waals surface area contributed by atoms with Crippen molar-refractivity contribution in [2.24, 2.45) is 0 Å². The SMILES string of the molecule is c1ccc(-n2c3ccccc3c3cc4c5ccccc5n(-c5ncc(-c6ccc7c(c6)oc6ccccc67)cn5)c4cc32)cc1.c1ccc(-n2c3ccccc3c3cc4c5ccccc5n(-c5ncc(-c6ccc7oc8ccccc8c7c6)cn5)c4cc32)cc1.c1ccc(-n2c3ccccc3c3cc4c5ccccc5n(-c5ncc(-c6cccc7oc8ccccc8c67)cn5)c4cc32)cc1. The molecule has 135 heavy (non-hydrogen) atoms. The number of rotatable bonds is 9. The smallest absolute Gasteiger partial charge is 0.234 e. The maximum Gasteiger partial charge on any atom is 0.234 e. The molecule has 30 rings (SSSR count). The maximum absolute atomic E-state index is 6.15. The molecule has 630 valence electrons. The van der Waals surface area contributed by atoms with E-state index in [4.69, 9.17) is 43.2 Å². The Bertz CT molecular complexity index is 10100. The van der Waals surface area contributed by atoms with Gasteiger partial charge in [0.15, 0.2) is 0 Å². The summed E-state index contributed by atoms with van der Waals surface area (Å²) in [5.74, 6) is 1.91. The summed E-state index contributed by atoms with van der Waals surface area (Å²) in [5.41, 5.74) is 28.1. The number of nitrogens with zero attached hydrogens (tertiary/aromatic N) is 12. The highest BCUT2D eigenvalue weighted by Gasteiger charge is 2.26. The Morgan fingerprint density at radius 2 is 0.422 bits per heavy atom. The molecule has 0 saturated heterocycles. The Balaban J connectivity index is 0.000000101. The number of fused-ring (bicyclic) bond motifs is 27. The average molecular weight is 1730 g/mol. The predicted octanol–water partition coefficient (Wildman–Crippen LogP) is 30.7. The summed E-state index contributed by atoms with van der Waals surface area (Å²) < 4.78 is 32.0. The number of aromatic nitrogens is 12. The number of hydrogen-bond donors (Lipinski definition) is 0. The second-order valence-electron chi connectivity index (χ2n) is 34.5. The maximum atomic E-state index is 6.15. The first kappa shape index (κ1) is 75.4. The summed E-state index contributed by atoms with van der Waals surface area (Å²) in [5, 5.41) is 21.0. The van der Waals surface area contributed by atoms with Crippen molar-refractivity contribution >= 4 is 197 Å². The molecule has 18 aromatic carbocycles. The monoisotopic (exact) mass is 1730 g/mol. The lowest BCUT2D eigenvalue weighted by molar-refractivity contribution is 0.668. The van der Waals surface area contributed by atoms with Gasteiger partial charge in [0.2, 0.25) is 17.8 Å². The Kier molecular flexibility index (Phi) is 16.7. The fraction of sp³-hybridized carbons (Fsp3) is 0. The zero-order chi connectivity index (χ0) is 88.5. The van der Waals surface area contributed by atoms with E-state index in [1.54, 1.807) is 0 Å². The molecule has 0 radical (unpaired) electrons. The minimum atomic E-state index is 0.635. The van der Waals surface area contributed by atoms with Crippen LogP contribution >= 0.6 is 0 Å². The molecule has 0 aliphatic rings. The van der Waals surface area contributed by atoms with Crippen LogP contribution in [-0.4, -0.2) is 57.3 Å². The Hall–Kier alpha value is -18.6. The molecule has 0 unspecified atom stereocenters. The molecule has 0 aliphatic carbocycles. The summed E-state index contributed by atoms with van der Waals surface area (Å²) in [6, 6.07) is 140. The van der Waals surface area contributed by atoms with Gasteiger partial charge >= 0.3 is 0 Å². The lowest BCUT2D eigenvalue weighted by Crippen LogP contribution is -2.01. The quantitative estimate of drug-likeness (QED) is 0.138. The van der Waals surface area contributed by atoms with Crippen molar-refractivity contribution < 1.29 is 13.3 Å². The molecule has 0 amide bonds. The molecular formula is C120H72N12O3. The molecule has 15 heteroatoms. The molecule has 0 N–H and O–H groups in total. The van der Waals surface area contributed by atoms with E-state index in [2.05, 4.69) is 355 Å². The topological polar surface area (TPSA) is 146 Å². The molecule has 15 nitrogen and oxygen atoms in total. The van der Waals surface area contributed by atoms with E-state index in [9.17, 15) is 0 Å². The standard InChI is InChI=1S/3C40H24N4O/c1-2-11-26(12-3-1)43-33-17-7-4-13-28(33)31-21-32-29-14-5-8-18-34(29)44(36(32)22-35(31)43)40-41-23-25(24-42-40)27-16-10-20-38-39(27)30-15-6-9-19-37(30)45-38;1-2-10-27(11-3-1)43-34-15-7-4-12-28(34)31-21-32-29-13-5-8-16-35(29)44(37(32)22-36(31)43)40-41-23-26(24-42-40)25-18-19-39-33(20-25)30-14-6-9-17-38(30)45-39;1-2-10-27(11-3-1)43-34-15-7-4-12-28(34)32-21-33-29-13-5-8-16-35(29)44(37(33)22-36(32)43)40-41-23-26(24-42-40)25-18-19-31-30-14-6-9-17-38(30)45-39(31)20-25/h3*1-24H. The van der Waals surface area contributed by atoms with Crippen LogP contribution in [0.2, 0.25) is 0 Å². The van der Waals surface area contributed by atoms with Gasteiger partial charge in [-0.1, -0.05) is 243 Å². The Morgan fingerprint density at radius 1 is 0.148 bits per heavy atom. The van der Waals surface area contributed by atoms with Gasteiger partial charge < -0.3 is 27.0 Å². The Morgan fingerprint density at radius 3 is 0.822 bits per heavy atom. The number of benzene rings is 18. The summed E-state index contributed by atoms with van der Waals surface area (Å²) in [7, 11) is 0. The van der Waals surface area contributed by atoms with Crippen molar-refractivity contribution in [3.63, 3.8) is 0 Å². The van der Waals surface area contributed by atoms with Gasteiger partial charge in [0.25, 0.3) is 0 Å². The zero-order valence-electron chi connectivity index (χ0n) is 72.2. The fourth-order valence-corrected chi connectivity index (χ4v) is 21.1. The van der Waals surface area contributed by atoms with Crippen molar-refractivity contribution in [1.29, 1.82) is 0 Å². The first-order valence-electron chi connectivity index (χ1n) is 45.2. The van der Waals surface area contributed by atoms with E-state index >= 15 is 0 Å². The van der Waals surface area contributed by atoms with E-state index in [1.165, 1.54) is 81.2 Å². The predicted molar refractivity (Wildman–Crippen MR) is 550 cm³/mol. The summed E-state index contributed by atoms with van der Waals surface area (Å²) in [4.78, 5) is 29.8. The highest BCUT2D eigenvalue weighted by Crippen LogP contribution is 2.46. The minimum absolute atomic E-state index is 0.635. The second-order valence-corrected chi connectivity index (χ2v) is 34.5. The second kappa shape index (κ2) is 30.0. The van der Waals surface area contributed by atoms with Crippen LogP contribution in [0.25, 0.3) is 265 Å². The van der Waals surface area contributed by atoms with Crippen molar-refractivity contribution in [3.05, 3.63) is 438 Å². The first-order chi connectivity index (χ1) is 67.0. The van der Waals surface area contributed by atoms with Crippen molar-refractivity contribution in [2.45, 2.75) is 0 Å². The van der Waals surface area contributed by atoms with Crippen LogP contribution in [0.1, 0.15) is 0 Å². The largest absolute Gasteiger partial charge is 0.456 e.